The van der Waals surface area contributed by atoms with Gasteiger partial charge < -0.3 is 10.1 Å². The summed E-state index contributed by atoms with van der Waals surface area (Å²) < 4.78 is 5.26. The molecular weight excluding hydrogens is 252 g/mol. The normalized spacial score (nSPS) is 18.9. The van der Waals surface area contributed by atoms with Crippen LogP contribution in [0.5, 0.6) is 0 Å². The summed E-state index contributed by atoms with van der Waals surface area (Å²) in [5.41, 5.74) is -0.123. The van der Waals surface area contributed by atoms with Gasteiger partial charge in [-0.25, -0.2) is 4.79 Å². The average Bonchev–Trinajstić information content (AvgIpc) is 2.35. The first-order valence-electron chi connectivity index (χ1n) is 7.86. The molecule has 20 heavy (non-hydrogen) atoms. The maximum Gasteiger partial charge on any atom is 0.407 e. The SMILES string of the molecule is CCC(C)(C)N1CCC(CNC(=O)OC(C)(C)C)CC1. The third kappa shape index (κ3) is 5.70. The zero-order chi connectivity index (χ0) is 15.4. The van der Waals surface area contributed by atoms with Gasteiger partial charge in [-0.1, -0.05) is 6.92 Å². The number of nitrogens with one attached hydrogen (secondary N) is 1. The fraction of sp³-hybridized carbons (Fsp3) is 0.938. The van der Waals surface area contributed by atoms with Crippen LogP contribution in [0.3, 0.4) is 0 Å². The number of nitrogens with zero attached hydrogens (tertiary/aromatic N) is 1. The van der Waals surface area contributed by atoms with Gasteiger partial charge in [0.2, 0.25) is 0 Å². The lowest BCUT2D eigenvalue weighted by molar-refractivity contribution is 0.0476. The van der Waals surface area contributed by atoms with Gasteiger partial charge in [0.25, 0.3) is 0 Å². The van der Waals surface area contributed by atoms with E-state index in [1.165, 1.54) is 6.42 Å². The van der Waals surface area contributed by atoms with Crippen molar-refractivity contribution >= 4 is 6.09 Å². The molecule has 0 aliphatic carbocycles. The van der Waals surface area contributed by atoms with E-state index in [-0.39, 0.29) is 6.09 Å². The van der Waals surface area contributed by atoms with Gasteiger partial charge in [-0.2, -0.15) is 0 Å². The molecule has 1 N–H and O–H groups in total. The van der Waals surface area contributed by atoms with Crippen molar-refractivity contribution in [1.29, 1.82) is 0 Å². The Morgan fingerprint density at radius 3 is 2.20 bits per heavy atom. The van der Waals surface area contributed by atoms with E-state index in [1.807, 2.05) is 20.8 Å². The van der Waals surface area contributed by atoms with Gasteiger partial charge in [0.1, 0.15) is 5.60 Å². The van der Waals surface area contributed by atoms with E-state index in [1.54, 1.807) is 0 Å². The van der Waals surface area contributed by atoms with Crippen LogP contribution in [0.1, 0.15) is 60.8 Å². The number of rotatable bonds is 4. The number of carbonyl (C=O) groups excluding carboxylic acids is 1. The first-order valence-corrected chi connectivity index (χ1v) is 7.86. The molecule has 1 heterocycles. The van der Waals surface area contributed by atoms with Crippen molar-refractivity contribution in [3.05, 3.63) is 0 Å². The molecule has 0 aromatic rings. The lowest BCUT2D eigenvalue weighted by atomic mass is 9.91. The molecule has 1 saturated heterocycles. The van der Waals surface area contributed by atoms with Crippen LogP contribution in [0.15, 0.2) is 0 Å². The highest BCUT2D eigenvalue weighted by atomic mass is 16.6. The number of carbonyl (C=O) groups is 1. The molecule has 1 amide bonds. The molecule has 1 aliphatic heterocycles. The molecule has 0 bridgehead atoms. The summed E-state index contributed by atoms with van der Waals surface area (Å²) in [5.74, 6) is 0.575. The summed E-state index contributed by atoms with van der Waals surface area (Å²) in [5, 5.41) is 2.90. The van der Waals surface area contributed by atoms with E-state index < -0.39 is 5.60 Å². The number of ether oxygens (including phenoxy) is 1. The lowest BCUT2D eigenvalue weighted by Crippen LogP contribution is -2.49. The van der Waals surface area contributed by atoms with Crippen molar-refractivity contribution in [1.82, 2.24) is 10.2 Å². The van der Waals surface area contributed by atoms with Crippen molar-refractivity contribution in [2.24, 2.45) is 5.92 Å². The zero-order valence-corrected chi connectivity index (χ0v) is 14.1. The molecule has 4 heteroatoms. The zero-order valence-electron chi connectivity index (χ0n) is 14.1. The third-order valence-corrected chi connectivity index (χ3v) is 4.27. The van der Waals surface area contributed by atoms with Crippen molar-refractivity contribution in [2.75, 3.05) is 19.6 Å². The number of hydrogen-bond acceptors (Lipinski definition) is 3. The highest BCUT2D eigenvalue weighted by Gasteiger charge is 2.29. The molecular formula is C16H32N2O2. The first kappa shape index (κ1) is 17.3. The predicted octanol–water partition coefficient (Wildman–Crippen LogP) is 3.41. The molecule has 0 radical (unpaired) electrons. The quantitative estimate of drug-likeness (QED) is 0.860. The molecule has 0 atom stereocenters. The topological polar surface area (TPSA) is 41.6 Å². The number of amides is 1. The second-order valence-electron chi connectivity index (χ2n) is 7.48. The highest BCUT2D eigenvalue weighted by molar-refractivity contribution is 5.67. The van der Waals surface area contributed by atoms with E-state index in [9.17, 15) is 4.79 Å². The molecule has 4 nitrogen and oxygen atoms in total. The summed E-state index contributed by atoms with van der Waals surface area (Å²) in [4.78, 5) is 14.2. The Hall–Kier alpha value is -0.770. The van der Waals surface area contributed by atoms with E-state index in [2.05, 4.69) is 31.0 Å². The number of alkyl carbamates (subject to hydrolysis) is 1. The summed E-state index contributed by atoms with van der Waals surface area (Å²) >= 11 is 0. The molecule has 118 valence electrons. The lowest BCUT2D eigenvalue weighted by Gasteiger charge is -2.42. The maximum atomic E-state index is 11.6. The molecule has 1 rings (SSSR count). The van der Waals surface area contributed by atoms with Crippen LogP contribution in [-0.2, 0) is 4.74 Å². The van der Waals surface area contributed by atoms with Crippen molar-refractivity contribution in [3.8, 4) is 0 Å². The largest absolute Gasteiger partial charge is 0.444 e. The monoisotopic (exact) mass is 284 g/mol. The molecule has 0 aromatic heterocycles. The Bertz CT molecular complexity index is 313. The molecule has 1 fully saturated rings. The smallest absolute Gasteiger partial charge is 0.407 e. The minimum atomic E-state index is -0.418. The molecule has 0 unspecified atom stereocenters. The highest BCUT2D eigenvalue weighted by Crippen LogP contribution is 2.25. The molecule has 0 aromatic carbocycles. The summed E-state index contributed by atoms with van der Waals surface area (Å²) in [6.45, 7) is 15.5. The van der Waals surface area contributed by atoms with Crippen LogP contribution in [0.25, 0.3) is 0 Å². The number of hydrogen-bond donors (Lipinski definition) is 1. The predicted molar refractivity (Wildman–Crippen MR) is 82.9 cm³/mol. The Morgan fingerprint density at radius 2 is 1.75 bits per heavy atom. The summed E-state index contributed by atoms with van der Waals surface area (Å²) in [6, 6.07) is 0. The van der Waals surface area contributed by atoms with Gasteiger partial charge in [0.15, 0.2) is 0 Å². The standard InChI is InChI=1S/C16H32N2O2/c1-7-16(5,6)18-10-8-13(9-11-18)12-17-14(19)20-15(2,3)4/h13H,7-12H2,1-6H3,(H,17,19). The van der Waals surface area contributed by atoms with Crippen molar-refractivity contribution in [2.45, 2.75) is 71.9 Å². The average molecular weight is 284 g/mol. The minimum absolute atomic E-state index is 0.295. The van der Waals surface area contributed by atoms with Crippen LogP contribution >= 0.6 is 0 Å². The van der Waals surface area contributed by atoms with Crippen molar-refractivity contribution in [3.63, 3.8) is 0 Å². The van der Waals surface area contributed by atoms with E-state index in [4.69, 9.17) is 4.74 Å². The van der Waals surface area contributed by atoms with Crippen LogP contribution in [0.4, 0.5) is 4.79 Å². The fourth-order valence-corrected chi connectivity index (χ4v) is 2.51. The molecule has 0 saturated carbocycles. The Morgan fingerprint density at radius 1 is 1.20 bits per heavy atom. The van der Waals surface area contributed by atoms with Gasteiger partial charge >= 0.3 is 6.09 Å². The Labute approximate surface area is 124 Å². The van der Waals surface area contributed by atoms with E-state index in [0.717, 1.165) is 32.5 Å². The third-order valence-electron chi connectivity index (χ3n) is 4.27. The fourth-order valence-electron chi connectivity index (χ4n) is 2.51. The van der Waals surface area contributed by atoms with Crippen LogP contribution < -0.4 is 5.32 Å². The molecule has 0 spiro atoms. The second-order valence-corrected chi connectivity index (χ2v) is 7.48. The summed E-state index contributed by atoms with van der Waals surface area (Å²) in [7, 11) is 0. The Kier molecular flexibility index (Phi) is 5.87. The Balaban J connectivity index is 2.28. The second kappa shape index (κ2) is 6.79. The first-order chi connectivity index (χ1) is 9.14. The van der Waals surface area contributed by atoms with E-state index >= 15 is 0 Å². The van der Waals surface area contributed by atoms with Crippen molar-refractivity contribution < 1.29 is 9.53 Å². The van der Waals surface area contributed by atoms with Gasteiger partial charge in [-0.15, -0.1) is 0 Å². The number of piperidine rings is 1. The van der Waals surface area contributed by atoms with Crippen LogP contribution in [0.2, 0.25) is 0 Å². The minimum Gasteiger partial charge on any atom is -0.444 e. The van der Waals surface area contributed by atoms with E-state index in [0.29, 0.717) is 11.5 Å². The maximum absolute atomic E-state index is 11.6. The summed E-state index contributed by atoms with van der Waals surface area (Å²) in [6.07, 6.45) is 3.18. The van der Waals surface area contributed by atoms with Gasteiger partial charge in [0, 0.05) is 12.1 Å². The van der Waals surface area contributed by atoms with Gasteiger partial charge in [-0.3, -0.25) is 4.90 Å². The van der Waals surface area contributed by atoms with Crippen LogP contribution in [-0.4, -0.2) is 41.8 Å². The van der Waals surface area contributed by atoms with Gasteiger partial charge in [-0.05, 0) is 72.9 Å². The van der Waals surface area contributed by atoms with Crippen LogP contribution in [0, 0.1) is 5.92 Å². The van der Waals surface area contributed by atoms with Gasteiger partial charge in [0.05, 0.1) is 0 Å². The number of likely N-dealkylation sites (tertiary alicyclic amines) is 1. The molecule has 1 aliphatic rings.